The molecule has 82 heavy (non-hydrogen) atoms. The molecule has 4 aromatic heterocycles. The van der Waals surface area contributed by atoms with Gasteiger partial charge in [0, 0.05) is 85.6 Å². The topological polar surface area (TPSA) is 77.3 Å². The Bertz CT molecular complexity index is 4730. The number of rotatable bonds is 8. The van der Waals surface area contributed by atoms with Crippen LogP contribution in [0.15, 0.2) is 255 Å². The SMILES string of the molecule is c1ccc(-c2nc(-c3ccc(-c4ccc5c(c4)C4c6ccccc6C5c5cc(-c6ccc(-c7nc(-c8ccccc8)nc(-c8cccc9c8sc8ccccc89)n7)cc6)ccc54)cc3)nc(-c3cccc4c3sc3ccccc34)n2)cc1. The molecule has 2 atom stereocenters. The summed E-state index contributed by atoms with van der Waals surface area (Å²) in [5, 5.41) is 4.92. The van der Waals surface area contributed by atoms with Gasteiger partial charge in [-0.2, -0.15) is 0 Å². The number of aromatic nitrogens is 6. The minimum absolute atomic E-state index is 0.113. The van der Waals surface area contributed by atoms with Crippen LogP contribution in [-0.2, 0) is 0 Å². The standard InChI is InChI=1S/C74H44N6S2/c1-3-15-45(16-4-1)69-75-71(79-73(77-69)59-25-13-23-57-51-19-9-11-27-63(51)81-67(57)59)47-33-29-43(30-34-47)49-37-39-55-61(41-49)65-53-21-7-8-22-54(53)66(55)62-42-50(38-40-56(62)65)44-31-35-48(36-32-44)72-76-70(46-17-5-2-6-18-46)78-74(80-72)60-26-14-24-58-52-20-10-12-28-64(52)82-68(58)60/h1-42,65-66H. The van der Waals surface area contributed by atoms with E-state index in [1.54, 1.807) is 22.7 Å². The molecule has 0 N–H and O–H groups in total. The van der Waals surface area contributed by atoms with Crippen molar-refractivity contribution in [3.63, 3.8) is 0 Å². The van der Waals surface area contributed by atoms with Gasteiger partial charge in [-0.25, -0.2) is 29.9 Å². The van der Waals surface area contributed by atoms with Crippen LogP contribution in [0.25, 0.3) is 131 Å². The van der Waals surface area contributed by atoms with Crippen LogP contribution < -0.4 is 0 Å². The highest BCUT2D eigenvalue weighted by molar-refractivity contribution is 7.26. The third-order valence-electron chi connectivity index (χ3n) is 16.6. The van der Waals surface area contributed by atoms with Crippen molar-refractivity contribution in [2.24, 2.45) is 0 Å². The molecule has 0 radical (unpaired) electrons. The van der Waals surface area contributed by atoms with Crippen molar-refractivity contribution in [3.8, 4) is 90.6 Å². The first-order chi connectivity index (χ1) is 40.6. The Kier molecular flexibility index (Phi) is 10.7. The summed E-state index contributed by atoms with van der Waals surface area (Å²) in [6.07, 6.45) is 0. The lowest BCUT2D eigenvalue weighted by molar-refractivity contribution is 0.755. The van der Waals surface area contributed by atoms with E-state index in [0.29, 0.717) is 34.9 Å². The maximum Gasteiger partial charge on any atom is 0.165 e. The fourth-order valence-corrected chi connectivity index (χ4v) is 15.2. The highest BCUT2D eigenvalue weighted by atomic mass is 32.1. The maximum absolute atomic E-state index is 5.21. The van der Waals surface area contributed by atoms with Crippen molar-refractivity contribution in [1.82, 2.24) is 29.9 Å². The number of thiophene rings is 2. The van der Waals surface area contributed by atoms with Gasteiger partial charge in [-0.15, -0.1) is 22.7 Å². The van der Waals surface area contributed by atoms with Gasteiger partial charge in [0.15, 0.2) is 34.9 Å². The number of hydrogen-bond donors (Lipinski definition) is 0. The third-order valence-corrected chi connectivity index (χ3v) is 19.1. The zero-order valence-corrected chi connectivity index (χ0v) is 45.5. The summed E-state index contributed by atoms with van der Waals surface area (Å²) in [4.78, 5) is 30.9. The molecule has 6 nitrogen and oxygen atoms in total. The Morgan fingerprint density at radius 3 is 0.963 bits per heavy atom. The summed E-state index contributed by atoms with van der Waals surface area (Å²) >= 11 is 3.57. The number of nitrogens with zero attached hydrogens (tertiary/aromatic N) is 6. The Morgan fingerprint density at radius 1 is 0.220 bits per heavy atom. The van der Waals surface area contributed by atoms with Crippen LogP contribution in [0.5, 0.6) is 0 Å². The van der Waals surface area contributed by atoms with Crippen molar-refractivity contribution in [1.29, 1.82) is 0 Å². The van der Waals surface area contributed by atoms with E-state index in [-0.39, 0.29) is 11.8 Å². The molecular weight excluding hydrogens is 1040 g/mol. The fourth-order valence-electron chi connectivity index (χ4n) is 12.7. The molecule has 382 valence electrons. The second-order valence-electron chi connectivity index (χ2n) is 21.2. The summed E-state index contributed by atoms with van der Waals surface area (Å²) in [5.41, 5.74) is 18.7. The molecule has 0 saturated carbocycles. The molecule has 3 aliphatic carbocycles. The van der Waals surface area contributed by atoms with Gasteiger partial charge in [-0.05, 0) is 92.0 Å². The first-order valence-electron chi connectivity index (χ1n) is 27.6. The van der Waals surface area contributed by atoms with Crippen molar-refractivity contribution in [2.75, 3.05) is 0 Å². The Labute approximate surface area is 480 Å². The fraction of sp³-hybridized carbons (Fsp3) is 0.0270. The van der Waals surface area contributed by atoms with Crippen molar-refractivity contribution in [3.05, 3.63) is 288 Å². The van der Waals surface area contributed by atoms with E-state index < -0.39 is 0 Å². The first-order valence-corrected chi connectivity index (χ1v) is 29.3. The third kappa shape index (κ3) is 7.60. The molecule has 2 unspecified atom stereocenters. The summed E-state index contributed by atoms with van der Waals surface area (Å²) in [6.45, 7) is 0. The minimum atomic E-state index is 0.113. The lowest BCUT2D eigenvalue weighted by atomic mass is 9.60. The molecule has 2 bridgehead atoms. The average Bonchev–Trinajstić information content (AvgIpc) is 1.66. The summed E-state index contributed by atoms with van der Waals surface area (Å²) in [6, 6.07) is 91.3. The summed E-state index contributed by atoms with van der Waals surface area (Å²) < 4.78 is 4.85. The molecule has 18 rings (SSSR count). The predicted molar refractivity (Wildman–Crippen MR) is 337 cm³/mol. The van der Waals surface area contributed by atoms with Gasteiger partial charge in [0.2, 0.25) is 0 Å². The monoisotopic (exact) mass is 1080 g/mol. The molecule has 15 aromatic rings. The average molecular weight is 1080 g/mol. The molecule has 3 aliphatic rings. The zero-order valence-electron chi connectivity index (χ0n) is 43.9. The van der Waals surface area contributed by atoms with Crippen LogP contribution in [0.4, 0.5) is 0 Å². The van der Waals surface area contributed by atoms with Crippen molar-refractivity contribution < 1.29 is 0 Å². The van der Waals surface area contributed by atoms with E-state index >= 15 is 0 Å². The molecule has 8 heteroatoms. The number of benzene rings is 11. The van der Waals surface area contributed by atoms with Crippen LogP contribution in [-0.4, -0.2) is 29.9 Å². The van der Waals surface area contributed by atoms with Crippen LogP contribution in [0.1, 0.15) is 45.2 Å². The second kappa shape index (κ2) is 18.7. The van der Waals surface area contributed by atoms with Crippen LogP contribution in [0, 0.1) is 0 Å². The van der Waals surface area contributed by atoms with Crippen molar-refractivity contribution in [2.45, 2.75) is 11.8 Å². The van der Waals surface area contributed by atoms with Gasteiger partial charge in [0.25, 0.3) is 0 Å². The Balaban J connectivity index is 0.697. The van der Waals surface area contributed by atoms with Gasteiger partial charge in [-0.1, -0.05) is 218 Å². The van der Waals surface area contributed by atoms with E-state index in [9.17, 15) is 0 Å². The van der Waals surface area contributed by atoms with Crippen molar-refractivity contribution >= 4 is 63.0 Å². The van der Waals surface area contributed by atoms with E-state index in [1.165, 1.54) is 84.9 Å². The molecule has 11 aromatic carbocycles. The van der Waals surface area contributed by atoms with Crippen LogP contribution in [0.3, 0.4) is 0 Å². The summed E-state index contributed by atoms with van der Waals surface area (Å²) in [7, 11) is 0. The Hall–Kier alpha value is -10.1. The predicted octanol–water partition coefficient (Wildman–Crippen LogP) is 19.1. The number of hydrogen-bond acceptors (Lipinski definition) is 8. The van der Waals surface area contributed by atoms with E-state index in [0.717, 1.165) is 44.5 Å². The van der Waals surface area contributed by atoms with Gasteiger partial charge in [0.05, 0.1) is 0 Å². The highest BCUT2D eigenvalue weighted by Crippen LogP contribution is 2.57. The van der Waals surface area contributed by atoms with Gasteiger partial charge in [0.1, 0.15) is 0 Å². The van der Waals surface area contributed by atoms with Crippen LogP contribution in [0.2, 0.25) is 0 Å². The smallest absolute Gasteiger partial charge is 0.165 e. The lowest BCUT2D eigenvalue weighted by Gasteiger charge is -2.42. The molecule has 0 aliphatic heterocycles. The second-order valence-corrected chi connectivity index (χ2v) is 23.3. The normalized spacial score (nSPS) is 14.1. The van der Waals surface area contributed by atoms with E-state index in [4.69, 9.17) is 29.9 Å². The molecule has 0 spiro atoms. The quantitative estimate of drug-likeness (QED) is 0.151. The van der Waals surface area contributed by atoms with E-state index in [1.807, 2.05) is 36.4 Å². The molecule has 4 heterocycles. The zero-order chi connectivity index (χ0) is 53.8. The maximum atomic E-state index is 5.21. The first kappa shape index (κ1) is 46.8. The molecule has 0 fully saturated rings. The van der Waals surface area contributed by atoms with E-state index in [2.05, 4.69) is 218 Å². The van der Waals surface area contributed by atoms with Gasteiger partial charge >= 0.3 is 0 Å². The van der Waals surface area contributed by atoms with Gasteiger partial charge in [-0.3, -0.25) is 0 Å². The van der Waals surface area contributed by atoms with Crippen LogP contribution >= 0.6 is 22.7 Å². The molecular formula is C74H44N6S2. The lowest BCUT2D eigenvalue weighted by Crippen LogP contribution is -2.27. The molecule has 0 amide bonds. The van der Waals surface area contributed by atoms with Gasteiger partial charge < -0.3 is 0 Å². The Morgan fingerprint density at radius 2 is 0.537 bits per heavy atom. The minimum Gasteiger partial charge on any atom is -0.208 e. The number of fused-ring (bicyclic) bond motifs is 6. The summed E-state index contributed by atoms with van der Waals surface area (Å²) in [5.74, 6) is 4.16. The highest BCUT2D eigenvalue weighted by Gasteiger charge is 2.41. The molecule has 0 saturated heterocycles. The largest absolute Gasteiger partial charge is 0.208 e.